The van der Waals surface area contributed by atoms with E-state index in [9.17, 15) is 24.0 Å². The smallest absolute Gasteiger partial charge is 0.407 e. The van der Waals surface area contributed by atoms with E-state index in [-0.39, 0.29) is 115 Å². The zero-order valence-corrected chi connectivity index (χ0v) is 42.9. The van der Waals surface area contributed by atoms with E-state index in [1.807, 2.05) is 61.8 Å². The van der Waals surface area contributed by atoms with Gasteiger partial charge in [-0.15, -0.1) is 0 Å². The lowest BCUT2D eigenvalue weighted by Gasteiger charge is -2.31. The molecule has 356 valence electrons. The summed E-state index contributed by atoms with van der Waals surface area (Å²) >= 11 is 0. The highest BCUT2D eigenvalue weighted by atomic mass is 32.1. The number of esters is 1. The minimum absolute atomic E-state index is 0. The fraction of sp³-hybridized carbons (Fsp3) is 0.447. The molecule has 2 aliphatic rings. The Hall–Kier alpha value is -4.23. The molecule has 65 heavy (non-hydrogen) atoms. The molecule has 1 unspecified atom stereocenters. The van der Waals surface area contributed by atoms with Crippen molar-refractivity contribution in [3.8, 4) is 22.4 Å². The van der Waals surface area contributed by atoms with Gasteiger partial charge in [0.15, 0.2) is 5.43 Å². The number of pyridine rings is 1. The lowest BCUT2D eigenvalue weighted by Crippen LogP contribution is -2.51. The number of imidazole rings is 1. The predicted molar refractivity (Wildman–Crippen MR) is 283 cm³/mol. The molecule has 18 heteroatoms. The number of nitrogens with zero attached hydrogens (tertiary/aromatic N) is 3. The number of H-pyrrole nitrogens is 2. The summed E-state index contributed by atoms with van der Waals surface area (Å²) in [5.74, 6) is -0.427. The SMILES string of the molecule is CC[C@H](C)[C@H](CC(=O)OC)C(=O)N1CCCC1c1cc(=O)c2cc(-c3ccc4cc(-c5cnc([C@@H]6CCCN6C(=O)[C@@H](NC(=O)OC)[C@@H](C)CC)[nH]5)ccc4c3)ccc2[nH]1.S.S.S.S.S. The molecule has 6 atom stereocenters. The van der Waals surface area contributed by atoms with Crippen molar-refractivity contribution in [1.82, 2.24) is 30.1 Å². The van der Waals surface area contributed by atoms with Crippen LogP contribution in [-0.4, -0.2) is 82.0 Å². The first-order valence-corrected chi connectivity index (χ1v) is 21.2. The van der Waals surface area contributed by atoms with Crippen molar-refractivity contribution in [3.05, 3.63) is 88.6 Å². The van der Waals surface area contributed by atoms with Gasteiger partial charge in [-0.3, -0.25) is 19.2 Å². The normalized spacial score (nSPS) is 17.2. The van der Waals surface area contributed by atoms with Crippen LogP contribution in [0.2, 0.25) is 0 Å². The summed E-state index contributed by atoms with van der Waals surface area (Å²) in [5, 5.41) is 5.39. The van der Waals surface area contributed by atoms with E-state index >= 15 is 0 Å². The largest absolute Gasteiger partial charge is 0.469 e. The number of carbonyl (C=O) groups excluding carboxylic acids is 4. The van der Waals surface area contributed by atoms with E-state index in [0.29, 0.717) is 35.5 Å². The van der Waals surface area contributed by atoms with Gasteiger partial charge in [0.1, 0.15) is 11.9 Å². The maximum Gasteiger partial charge on any atom is 0.407 e. The van der Waals surface area contributed by atoms with E-state index in [4.69, 9.17) is 14.5 Å². The number of aromatic nitrogens is 3. The molecule has 2 saturated heterocycles. The molecule has 0 radical (unpaired) electrons. The lowest BCUT2D eigenvalue weighted by molar-refractivity contribution is -0.148. The number of aromatic amines is 2. The number of benzene rings is 3. The zero-order valence-electron chi connectivity index (χ0n) is 37.9. The van der Waals surface area contributed by atoms with Gasteiger partial charge in [-0.2, -0.15) is 67.5 Å². The average molecular weight is 987 g/mol. The molecule has 0 bridgehead atoms. The number of fused-ring (bicyclic) bond motifs is 2. The van der Waals surface area contributed by atoms with Crippen molar-refractivity contribution in [2.75, 3.05) is 27.3 Å². The van der Waals surface area contributed by atoms with Crippen LogP contribution in [0.15, 0.2) is 71.7 Å². The number of methoxy groups -OCH3 is 2. The molecular weight excluding hydrogens is 921 g/mol. The van der Waals surface area contributed by atoms with E-state index in [1.165, 1.54) is 14.2 Å². The quantitative estimate of drug-likeness (QED) is 0.0987. The van der Waals surface area contributed by atoms with Crippen LogP contribution in [-0.2, 0) is 23.9 Å². The molecule has 13 nitrogen and oxygen atoms in total. The fourth-order valence-corrected chi connectivity index (χ4v) is 8.88. The molecule has 2 fully saturated rings. The third-order valence-electron chi connectivity index (χ3n) is 12.9. The highest BCUT2D eigenvalue weighted by molar-refractivity contribution is 7.60. The second-order valence-corrected chi connectivity index (χ2v) is 16.5. The van der Waals surface area contributed by atoms with Crippen LogP contribution in [0.4, 0.5) is 4.79 Å². The molecular formula is C47H66N6O7S5. The van der Waals surface area contributed by atoms with Crippen molar-refractivity contribution < 1.29 is 28.7 Å². The van der Waals surface area contributed by atoms with Crippen LogP contribution in [0, 0.1) is 17.8 Å². The first kappa shape index (κ1) is 56.9. The summed E-state index contributed by atoms with van der Waals surface area (Å²) in [6, 6.07) is 18.7. The summed E-state index contributed by atoms with van der Waals surface area (Å²) < 4.78 is 9.72. The Morgan fingerprint density at radius 1 is 0.738 bits per heavy atom. The topological polar surface area (TPSA) is 167 Å². The van der Waals surface area contributed by atoms with Gasteiger partial charge >= 0.3 is 12.1 Å². The number of rotatable bonds is 13. The number of alkyl carbamates (subject to hydrolysis) is 1. The summed E-state index contributed by atoms with van der Waals surface area (Å²) in [5.41, 5.74) is 4.99. The summed E-state index contributed by atoms with van der Waals surface area (Å²) in [6.07, 6.45) is 5.85. The third kappa shape index (κ3) is 12.2. The highest BCUT2D eigenvalue weighted by Crippen LogP contribution is 2.37. The monoisotopic (exact) mass is 986 g/mol. The maximum atomic E-state index is 13.9. The van der Waals surface area contributed by atoms with Gasteiger partial charge in [0.25, 0.3) is 0 Å². The number of ether oxygens (including phenoxy) is 2. The van der Waals surface area contributed by atoms with Crippen LogP contribution < -0.4 is 10.7 Å². The summed E-state index contributed by atoms with van der Waals surface area (Å²) in [6.45, 7) is 9.11. The van der Waals surface area contributed by atoms with Crippen LogP contribution in [0.1, 0.15) is 96.2 Å². The minimum atomic E-state index is -0.688. The molecule has 3 aromatic carbocycles. The molecule has 0 saturated carbocycles. The Morgan fingerprint density at radius 2 is 1.32 bits per heavy atom. The zero-order chi connectivity index (χ0) is 42.7. The van der Waals surface area contributed by atoms with Gasteiger partial charge in [0, 0.05) is 41.3 Å². The van der Waals surface area contributed by atoms with E-state index in [2.05, 4.69) is 45.6 Å². The van der Waals surface area contributed by atoms with Crippen molar-refractivity contribution >= 4 is 113 Å². The molecule has 0 aliphatic carbocycles. The molecule has 4 heterocycles. The van der Waals surface area contributed by atoms with Gasteiger partial charge in [-0.05, 0) is 83.7 Å². The molecule has 3 amide bonds. The number of hydrogen-bond donors (Lipinski definition) is 3. The Bertz CT molecular complexity index is 2480. The molecule has 0 spiro atoms. The summed E-state index contributed by atoms with van der Waals surface area (Å²) in [4.78, 5) is 81.0. The Morgan fingerprint density at radius 3 is 1.95 bits per heavy atom. The van der Waals surface area contributed by atoms with Crippen molar-refractivity contribution in [2.24, 2.45) is 17.8 Å². The predicted octanol–water partition coefficient (Wildman–Crippen LogP) is 8.63. The van der Waals surface area contributed by atoms with E-state index in [1.54, 1.807) is 12.3 Å². The minimum Gasteiger partial charge on any atom is -0.469 e. The average Bonchev–Trinajstić information content (AvgIpc) is 4.08. The number of carbonyl (C=O) groups is 4. The van der Waals surface area contributed by atoms with Crippen molar-refractivity contribution in [3.63, 3.8) is 0 Å². The Kier molecular flexibility index (Phi) is 21.9. The molecule has 7 rings (SSSR count). The fourth-order valence-electron chi connectivity index (χ4n) is 8.88. The van der Waals surface area contributed by atoms with Crippen LogP contribution >= 0.6 is 67.5 Å². The van der Waals surface area contributed by atoms with Crippen molar-refractivity contribution in [1.29, 1.82) is 0 Å². The van der Waals surface area contributed by atoms with Crippen LogP contribution in [0.5, 0.6) is 0 Å². The van der Waals surface area contributed by atoms with E-state index in [0.717, 1.165) is 71.7 Å². The molecule has 5 aromatic rings. The van der Waals surface area contributed by atoms with Crippen LogP contribution in [0.3, 0.4) is 0 Å². The van der Waals surface area contributed by atoms with E-state index < -0.39 is 24.0 Å². The van der Waals surface area contributed by atoms with Gasteiger partial charge in [-0.1, -0.05) is 70.9 Å². The second-order valence-electron chi connectivity index (χ2n) is 16.5. The number of likely N-dealkylation sites (tertiary alicyclic amines) is 2. The molecule has 2 aromatic heterocycles. The van der Waals surface area contributed by atoms with Gasteiger partial charge in [0.2, 0.25) is 11.8 Å². The summed E-state index contributed by atoms with van der Waals surface area (Å²) in [7, 11) is 2.64. The standard InChI is InChI=1S/C47H56N6O7.5H2S/c1-7-27(3)34(24-42(55)59-5)45(56)52-19-9-11-39(52)37-25-41(54)35-23-32(17-18-36(35)49-37)30-13-14-31-22-33(16-15-29(31)21-30)38-26-48-44(50-38)40-12-10-20-53(40)46(57)43(28(4)8-2)51-47(58)60-6;;;;;/h13-18,21-23,25-28,34,39-40,43H,7-12,19-20,24H2,1-6H3,(H,48,50)(H,49,54)(H,51,58);5*1H2/t27-,28-,34-,39?,40-,43-;;;;;/m0...../s1. The van der Waals surface area contributed by atoms with Gasteiger partial charge in [-0.25, -0.2) is 9.78 Å². The first-order valence-electron chi connectivity index (χ1n) is 21.2. The first-order chi connectivity index (χ1) is 28.9. The van der Waals surface area contributed by atoms with Gasteiger partial charge < -0.3 is 34.6 Å². The Balaban J connectivity index is 0.00000290. The lowest BCUT2D eigenvalue weighted by atomic mass is 9.87. The molecule has 3 N–H and O–H groups in total. The number of nitrogens with one attached hydrogen (secondary N) is 3. The third-order valence-corrected chi connectivity index (χ3v) is 12.9. The Labute approximate surface area is 416 Å². The van der Waals surface area contributed by atoms with Crippen molar-refractivity contribution in [2.45, 2.75) is 90.8 Å². The second kappa shape index (κ2) is 25.1. The number of hydrogen-bond acceptors (Lipinski definition) is 8. The maximum absolute atomic E-state index is 13.9. The number of amides is 3. The van der Waals surface area contributed by atoms with Crippen LogP contribution in [0.25, 0.3) is 44.1 Å². The molecule has 2 aliphatic heterocycles. The van der Waals surface area contributed by atoms with Gasteiger partial charge in [0.05, 0.1) is 50.5 Å². The highest BCUT2D eigenvalue weighted by Gasteiger charge is 2.39.